The van der Waals surface area contributed by atoms with Crippen LogP contribution in [0.25, 0.3) is 5.69 Å². The first kappa shape index (κ1) is 10.4. The van der Waals surface area contributed by atoms with Crippen molar-refractivity contribution in [1.82, 2.24) is 15.0 Å². The van der Waals surface area contributed by atoms with Crippen molar-refractivity contribution in [2.45, 2.75) is 6.54 Å². The Bertz CT molecular complexity index is 460. The number of nitrogens with zero attached hydrogens (tertiary/aromatic N) is 3. The van der Waals surface area contributed by atoms with Crippen molar-refractivity contribution in [2.75, 3.05) is 0 Å². The molecule has 0 fully saturated rings. The molecule has 0 aliphatic carbocycles. The van der Waals surface area contributed by atoms with E-state index in [-0.39, 0.29) is 0 Å². The molecule has 0 aliphatic heterocycles. The lowest BCUT2D eigenvalue weighted by Crippen LogP contribution is -2.03. The molecule has 2 aromatic rings. The summed E-state index contributed by atoms with van der Waals surface area (Å²) in [6.45, 7) is 0.335. The molecule has 1 aromatic carbocycles. The van der Waals surface area contributed by atoms with E-state index in [9.17, 15) is 0 Å². The quantitative estimate of drug-likeness (QED) is 0.877. The zero-order valence-corrected chi connectivity index (χ0v) is 9.20. The summed E-state index contributed by atoms with van der Waals surface area (Å²) in [5, 5.41) is 9.17. The second-order valence-corrected chi connectivity index (χ2v) is 3.71. The predicted molar refractivity (Wildman–Crippen MR) is 59.3 cm³/mol. The van der Waals surface area contributed by atoms with Gasteiger partial charge in [-0.25, -0.2) is 0 Å². The summed E-state index contributed by atoms with van der Waals surface area (Å²) in [5.41, 5.74) is 6.69. The fourth-order valence-corrected chi connectivity index (χ4v) is 1.72. The topological polar surface area (TPSA) is 56.7 Å². The Morgan fingerprint density at radius 1 is 1.27 bits per heavy atom. The highest BCUT2D eigenvalue weighted by molar-refractivity contribution is 6.37. The summed E-state index contributed by atoms with van der Waals surface area (Å²) in [5.74, 6) is 0. The molecule has 0 atom stereocenters. The minimum Gasteiger partial charge on any atom is -0.325 e. The average Bonchev–Trinajstić information content (AvgIpc) is 2.66. The molecule has 0 saturated carbocycles. The van der Waals surface area contributed by atoms with Crippen LogP contribution in [0.4, 0.5) is 0 Å². The lowest BCUT2D eigenvalue weighted by Gasteiger charge is -2.04. The highest BCUT2D eigenvalue weighted by Crippen LogP contribution is 2.26. The van der Waals surface area contributed by atoms with Crippen LogP contribution in [0.2, 0.25) is 10.0 Å². The third-order valence-corrected chi connectivity index (χ3v) is 2.50. The van der Waals surface area contributed by atoms with Crippen molar-refractivity contribution >= 4 is 23.2 Å². The molecule has 0 aliphatic rings. The maximum Gasteiger partial charge on any atom is 0.123 e. The predicted octanol–water partition coefficient (Wildman–Crippen LogP) is 2.03. The van der Waals surface area contributed by atoms with Crippen LogP contribution in [-0.4, -0.2) is 15.0 Å². The molecule has 1 heterocycles. The summed E-state index contributed by atoms with van der Waals surface area (Å²) >= 11 is 12.0. The lowest BCUT2D eigenvalue weighted by atomic mass is 10.3. The van der Waals surface area contributed by atoms with Crippen LogP contribution in [0.3, 0.4) is 0 Å². The molecular weight excluding hydrogens is 235 g/mol. The molecule has 0 unspecified atom stereocenters. The van der Waals surface area contributed by atoms with Crippen LogP contribution in [-0.2, 0) is 6.54 Å². The van der Waals surface area contributed by atoms with Crippen molar-refractivity contribution in [3.63, 3.8) is 0 Å². The molecule has 0 spiro atoms. The van der Waals surface area contributed by atoms with E-state index in [0.29, 0.717) is 28.0 Å². The summed E-state index contributed by atoms with van der Waals surface area (Å²) in [6, 6.07) is 5.23. The number of para-hydroxylation sites is 1. The average molecular weight is 243 g/mol. The maximum atomic E-state index is 6.00. The molecule has 0 saturated heterocycles. The van der Waals surface area contributed by atoms with Crippen LogP contribution in [0.1, 0.15) is 5.69 Å². The van der Waals surface area contributed by atoms with Gasteiger partial charge >= 0.3 is 0 Å². The van der Waals surface area contributed by atoms with Crippen molar-refractivity contribution in [2.24, 2.45) is 5.73 Å². The Balaban J connectivity index is 2.53. The number of rotatable bonds is 2. The number of benzene rings is 1. The summed E-state index contributed by atoms with van der Waals surface area (Å²) in [7, 11) is 0. The Hall–Kier alpha value is -1.10. The molecule has 78 valence electrons. The van der Waals surface area contributed by atoms with Gasteiger partial charge in [-0.05, 0) is 12.1 Å². The lowest BCUT2D eigenvalue weighted by molar-refractivity contribution is 0.738. The van der Waals surface area contributed by atoms with E-state index >= 15 is 0 Å². The van der Waals surface area contributed by atoms with Gasteiger partial charge in [-0.2, -0.15) is 10.2 Å². The Morgan fingerprint density at radius 2 is 1.93 bits per heavy atom. The highest BCUT2D eigenvalue weighted by Gasteiger charge is 2.10. The SMILES string of the molecule is NCc1cnn(-c2c(Cl)cccc2Cl)n1. The molecule has 2 rings (SSSR count). The van der Waals surface area contributed by atoms with Gasteiger partial charge in [0.15, 0.2) is 0 Å². The number of aromatic nitrogens is 3. The van der Waals surface area contributed by atoms with Gasteiger partial charge in [0.25, 0.3) is 0 Å². The monoisotopic (exact) mass is 242 g/mol. The first-order valence-electron chi connectivity index (χ1n) is 4.28. The van der Waals surface area contributed by atoms with Crippen LogP contribution in [0, 0.1) is 0 Å². The van der Waals surface area contributed by atoms with Gasteiger partial charge in [0.05, 0.1) is 21.9 Å². The van der Waals surface area contributed by atoms with Crippen LogP contribution in [0.15, 0.2) is 24.4 Å². The van der Waals surface area contributed by atoms with Crippen LogP contribution in [0.5, 0.6) is 0 Å². The first-order chi connectivity index (χ1) is 7.22. The van der Waals surface area contributed by atoms with Gasteiger partial charge in [-0.3, -0.25) is 0 Å². The maximum absolute atomic E-state index is 6.00. The second kappa shape index (κ2) is 4.18. The molecule has 0 radical (unpaired) electrons. The van der Waals surface area contributed by atoms with E-state index in [1.54, 1.807) is 24.4 Å². The normalized spacial score (nSPS) is 10.6. The third-order valence-electron chi connectivity index (χ3n) is 1.89. The minimum atomic E-state index is 0.335. The van der Waals surface area contributed by atoms with Crippen LogP contribution >= 0.6 is 23.2 Å². The number of halogens is 2. The molecule has 4 nitrogen and oxygen atoms in total. The Morgan fingerprint density at radius 3 is 2.47 bits per heavy atom. The highest BCUT2D eigenvalue weighted by atomic mass is 35.5. The first-order valence-corrected chi connectivity index (χ1v) is 5.03. The zero-order chi connectivity index (χ0) is 10.8. The van der Waals surface area contributed by atoms with Crippen molar-refractivity contribution in [3.8, 4) is 5.69 Å². The van der Waals surface area contributed by atoms with Gasteiger partial charge in [0, 0.05) is 6.54 Å². The molecular formula is C9H8Cl2N4. The molecule has 2 N–H and O–H groups in total. The number of nitrogens with two attached hydrogens (primary N) is 1. The van der Waals surface area contributed by atoms with E-state index < -0.39 is 0 Å². The van der Waals surface area contributed by atoms with E-state index in [2.05, 4.69) is 10.2 Å². The van der Waals surface area contributed by atoms with Crippen LogP contribution < -0.4 is 5.73 Å². The van der Waals surface area contributed by atoms with Crippen molar-refractivity contribution in [3.05, 3.63) is 40.1 Å². The van der Waals surface area contributed by atoms with E-state index in [0.717, 1.165) is 0 Å². The standard InChI is InChI=1S/C9H8Cl2N4/c10-7-2-1-3-8(11)9(7)15-13-5-6(4-12)14-15/h1-3,5H,4,12H2. The van der Waals surface area contributed by atoms with E-state index in [4.69, 9.17) is 28.9 Å². The largest absolute Gasteiger partial charge is 0.325 e. The fraction of sp³-hybridized carbons (Fsp3) is 0.111. The number of hydrogen-bond acceptors (Lipinski definition) is 3. The fourth-order valence-electron chi connectivity index (χ4n) is 1.18. The summed E-state index contributed by atoms with van der Waals surface area (Å²) in [6.07, 6.45) is 1.58. The summed E-state index contributed by atoms with van der Waals surface area (Å²) in [4.78, 5) is 1.38. The number of hydrogen-bond donors (Lipinski definition) is 1. The van der Waals surface area contributed by atoms with E-state index in [1.807, 2.05) is 0 Å². The van der Waals surface area contributed by atoms with Crippen molar-refractivity contribution < 1.29 is 0 Å². The second-order valence-electron chi connectivity index (χ2n) is 2.90. The summed E-state index contributed by atoms with van der Waals surface area (Å²) < 4.78 is 0. The van der Waals surface area contributed by atoms with Gasteiger partial charge in [0.1, 0.15) is 5.69 Å². The third kappa shape index (κ3) is 1.97. The zero-order valence-electron chi connectivity index (χ0n) is 7.69. The molecule has 6 heteroatoms. The van der Waals surface area contributed by atoms with Crippen molar-refractivity contribution in [1.29, 1.82) is 0 Å². The van der Waals surface area contributed by atoms with E-state index in [1.165, 1.54) is 4.80 Å². The molecule has 0 bridgehead atoms. The molecule has 15 heavy (non-hydrogen) atoms. The smallest absolute Gasteiger partial charge is 0.123 e. The van der Waals surface area contributed by atoms with Gasteiger partial charge < -0.3 is 5.73 Å². The Kier molecular flexibility index (Phi) is 2.90. The molecule has 0 amide bonds. The van der Waals surface area contributed by atoms with Gasteiger partial charge in [-0.1, -0.05) is 29.3 Å². The van der Waals surface area contributed by atoms with Gasteiger partial charge in [-0.15, -0.1) is 4.80 Å². The Labute approximate surface area is 96.6 Å². The molecule has 1 aromatic heterocycles. The van der Waals surface area contributed by atoms with Gasteiger partial charge in [0.2, 0.25) is 0 Å². The minimum absolute atomic E-state index is 0.335.